The third-order valence-electron chi connectivity index (χ3n) is 4.92. The molecule has 3 heterocycles. The van der Waals surface area contributed by atoms with Crippen LogP contribution < -0.4 is 15.4 Å². The van der Waals surface area contributed by atoms with Gasteiger partial charge in [0.25, 0.3) is 5.91 Å². The van der Waals surface area contributed by atoms with Gasteiger partial charge in [-0.2, -0.15) is 4.98 Å². The Bertz CT molecular complexity index is 1080. The number of hydrogen-bond acceptors (Lipinski definition) is 9. The SMILES string of the molecule is CN(C)C(=O)c1cccc(COc2cc(-c3cnc(N)nc3)nc(N3CCOCC3)n2)c1. The molecule has 2 N–H and O–H groups in total. The quantitative estimate of drug-likeness (QED) is 0.616. The molecule has 1 amide bonds. The standard InChI is InChI=1S/C22H25N7O3/c1-28(2)20(30)16-5-3-4-15(10-16)14-32-19-11-18(17-12-24-21(23)25-13-17)26-22(27-19)29-6-8-31-9-7-29/h3-5,10-13H,6-9,14H2,1-2H3,(H2,23,24,25). The van der Waals surface area contributed by atoms with Crippen molar-refractivity contribution in [3.8, 4) is 17.1 Å². The minimum Gasteiger partial charge on any atom is -0.473 e. The summed E-state index contributed by atoms with van der Waals surface area (Å²) in [5.74, 6) is 1.10. The van der Waals surface area contributed by atoms with Crippen molar-refractivity contribution < 1.29 is 14.3 Å². The van der Waals surface area contributed by atoms with E-state index in [0.29, 0.717) is 55.0 Å². The third kappa shape index (κ3) is 5.09. The lowest BCUT2D eigenvalue weighted by molar-refractivity contribution is 0.0827. The minimum absolute atomic E-state index is 0.0610. The molecule has 1 aliphatic heterocycles. The van der Waals surface area contributed by atoms with E-state index >= 15 is 0 Å². The van der Waals surface area contributed by atoms with E-state index in [1.165, 1.54) is 0 Å². The summed E-state index contributed by atoms with van der Waals surface area (Å²) in [4.78, 5) is 33.2. The summed E-state index contributed by atoms with van der Waals surface area (Å²) < 4.78 is 11.4. The Morgan fingerprint density at radius 2 is 1.91 bits per heavy atom. The van der Waals surface area contributed by atoms with E-state index in [1.807, 2.05) is 23.1 Å². The first kappa shape index (κ1) is 21.4. The number of ether oxygens (including phenoxy) is 2. The Balaban J connectivity index is 1.60. The number of aromatic nitrogens is 4. The molecule has 10 heteroatoms. The molecule has 1 fully saturated rings. The van der Waals surface area contributed by atoms with Crippen molar-refractivity contribution >= 4 is 17.8 Å². The number of rotatable bonds is 6. The van der Waals surface area contributed by atoms with Crippen molar-refractivity contribution in [2.75, 3.05) is 51.0 Å². The van der Waals surface area contributed by atoms with Gasteiger partial charge in [-0.1, -0.05) is 12.1 Å². The largest absolute Gasteiger partial charge is 0.473 e. The van der Waals surface area contributed by atoms with Crippen LogP contribution in [-0.4, -0.2) is 71.1 Å². The van der Waals surface area contributed by atoms with E-state index < -0.39 is 0 Å². The summed E-state index contributed by atoms with van der Waals surface area (Å²) in [6, 6.07) is 9.10. The van der Waals surface area contributed by atoms with E-state index in [0.717, 1.165) is 5.56 Å². The van der Waals surface area contributed by atoms with Gasteiger partial charge >= 0.3 is 0 Å². The van der Waals surface area contributed by atoms with Crippen molar-refractivity contribution in [1.82, 2.24) is 24.8 Å². The Hall–Kier alpha value is -3.79. The highest BCUT2D eigenvalue weighted by atomic mass is 16.5. The van der Waals surface area contributed by atoms with Crippen molar-refractivity contribution in [2.24, 2.45) is 0 Å². The van der Waals surface area contributed by atoms with Gasteiger partial charge in [0.15, 0.2) is 0 Å². The maximum absolute atomic E-state index is 12.2. The summed E-state index contributed by atoms with van der Waals surface area (Å²) in [5.41, 5.74) is 8.42. The van der Waals surface area contributed by atoms with Crippen LogP contribution >= 0.6 is 0 Å². The molecule has 1 saturated heterocycles. The van der Waals surface area contributed by atoms with E-state index in [9.17, 15) is 4.79 Å². The average molecular weight is 435 g/mol. The number of carbonyl (C=O) groups excluding carboxylic acids is 1. The van der Waals surface area contributed by atoms with Crippen LogP contribution in [0.2, 0.25) is 0 Å². The fourth-order valence-corrected chi connectivity index (χ4v) is 3.22. The molecule has 166 valence electrons. The zero-order valence-electron chi connectivity index (χ0n) is 18.1. The third-order valence-corrected chi connectivity index (χ3v) is 4.92. The molecular formula is C22H25N7O3. The molecule has 0 radical (unpaired) electrons. The predicted molar refractivity (Wildman–Crippen MR) is 119 cm³/mol. The maximum Gasteiger partial charge on any atom is 0.253 e. The number of amides is 1. The highest BCUT2D eigenvalue weighted by molar-refractivity contribution is 5.94. The van der Waals surface area contributed by atoms with Crippen molar-refractivity contribution in [2.45, 2.75) is 6.61 Å². The molecule has 32 heavy (non-hydrogen) atoms. The van der Waals surface area contributed by atoms with Crippen LogP contribution in [0, 0.1) is 0 Å². The van der Waals surface area contributed by atoms with Gasteiger partial charge in [-0.05, 0) is 17.7 Å². The molecule has 3 aromatic rings. The van der Waals surface area contributed by atoms with E-state index in [2.05, 4.69) is 19.9 Å². The summed E-state index contributed by atoms with van der Waals surface area (Å²) in [6.07, 6.45) is 3.24. The van der Waals surface area contributed by atoms with Crippen LogP contribution in [0.4, 0.5) is 11.9 Å². The molecule has 0 atom stereocenters. The minimum atomic E-state index is -0.0610. The Kier molecular flexibility index (Phi) is 6.41. The zero-order chi connectivity index (χ0) is 22.5. The molecule has 0 bridgehead atoms. The molecule has 1 aliphatic rings. The van der Waals surface area contributed by atoms with Crippen molar-refractivity contribution in [1.29, 1.82) is 0 Å². The van der Waals surface area contributed by atoms with Gasteiger partial charge < -0.3 is 25.0 Å². The fraction of sp³-hybridized carbons (Fsp3) is 0.318. The summed E-state index contributed by atoms with van der Waals surface area (Å²) in [5, 5.41) is 0. The van der Waals surface area contributed by atoms with Crippen LogP contribution in [-0.2, 0) is 11.3 Å². The van der Waals surface area contributed by atoms with Gasteiger partial charge in [-0.25, -0.2) is 15.0 Å². The van der Waals surface area contributed by atoms with Gasteiger partial charge in [-0.3, -0.25) is 4.79 Å². The maximum atomic E-state index is 12.2. The normalized spacial score (nSPS) is 13.6. The smallest absolute Gasteiger partial charge is 0.253 e. The number of anilines is 2. The van der Waals surface area contributed by atoms with Crippen molar-refractivity contribution in [3.63, 3.8) is 0 Å². The lowest BCUT2D eigenvalue weighted by Crippen LogP contribution is -2.37. The molecule has 0 spiro atoms. The number of benzene rings is 1. The van der Waals surface area contributed by atoms with Crippen LogP contribution in [0.15, 0.2) is 42.7 Å². The van der Waals surface area contributed by atoms with Gasteiger partial charge in [0.1, 0.15) is 6.61 Å². The summed E-state index contributed by atoms with van der Waals surface area (Å²) in [7, 11) is 3.45. The van der Waals surface area contributed by atoms with E-state index in [4.69, 9.17) is 15.2 Å². The Morgan fingerprint density at radius 3 is 2.62 bits per heavy atom. The number of morpholine rings is 1. The Morgan fingerprint density at radius 1 is 1.16 bits per heavy atom. The number of nitrogens with zero attached hydrogens (tertiary/aromatic N) is 6. The molecule has 1 aromatic carbocycles. The second-order valence-electron chi connectivity index (χ2n) is 7.51. The molecule has 10 nitrogen and oxygen atoms in total. The van der Waals surface area contributed by atoms with Crippen LogP contribution in [0.25, 0.3) is 11.3 Å². The number of carbonyl (C=O) groups is 1. The van der Waals surface area contributed by atoms with Crippen LogP contribution in [0.3, 0.4) is 0 Å². The van der Waals surface area contributed by atoms with Gasteiger partial charge in [0, 0.05) is 56.8 Å². The molecule has 0 aliphatic carbocycles. The number of nitrogens with two attached hydrogens (primary N) is 1. The first-order valence-corrected chi connectivity index (χ1v) is 10.2. The molecule has 0 unspecified atom stereocenters. The first-order valence-electron chi connectivity index (χ1n) is 10.2. The lowest BCUT2D eigenvalue weighted by Gasteiger charge is -2.27. The van der Waals surface area contributed by atoms with Gasteiger partial charge in [0.05, 0.1) is 18.9 Å². The van der Waals surface area contributed by atoms with E-state index in [1.54, 1.807) is 43.5 Å². The van der Waals surface area contributed by atoms with Crippen LogP contribution in [0.5, 0.6) is 5.88 Å². The second-order valence-corrected chi connectivity index (χ2v) is 7.51. The molecule has 0 saturated carbocycles. The highest BCUT2D eigenvalue weighted by Crippen LogP contribution is 2.25. The number of hydrogen-bond donors (Lipinski definition) is 1. The summed E-state index contributed by atoms with van der Waals surface area (Å²) >= 11 is 0. The second kappa shape index (κ2) is 9.56. The fourth-order valence-electron chi connectivity index (χ4n) is 3.22. The molecule has 4 rings (SSSR count). The first-order chi connectivity index (χ1) is 15.5. The molecular weight excluding hydrogens is 410 g/mol. The summed E-state index contributed by atoms with van der Waals surface area (Å²) in [6.45, 7) is 2.86. The lowest BCUT2D eigenvalue weighted by atomic mass is 10.1. The van der Waals surface area contributed by atoms with E-state index in [-0.39, 0.29) is 18.5 Å². The topological polar surface area (TPSA) is 120 Å². The highest BCUT2D eigenvalue weighted by Gasteiger charge is 2.17. The Labute approximate surface area is 186 Å². The molecule has 2 aromatic heterocycles. The van der Waals surface area contributed by atoms with Crippen molar-refractivity contribution in [3.05, 3.63) is 53.9 Å². The number of nitrogen functional groups attached to an aromatic ring is 1. The van der Waals surface area contributed by atoms with Crippen LogP contribution in [0.1, 0.15) is 15.9 Å². The van der Waals surface area contributed by atoms with Gasteiger partial charge in [0.2, 0.25) is 17.8 Å². The zero-order valence-corrected chi connectivity index (χ0v) is 18.1. The average Bonchev–Trinajstić information content (AvgIpc) is 2.83. The van der Waals surface area contributed by atoms with Gasteiger partial charge in [-0.15, -0.1) is 0 Å². The monoisotopic (exact) mass is 435 g/mol. The predicted octanol–water partition coefficient (Wildman–Crippen LogP) is 1.63.